The van der Waals surface area contributed by atoms with Crippen LogP contribution in [0, 0.1) is 12.7 Å². The molecule has 0 saturated carbocycles. The Hall–Kier alpha value is -3.49. The molecule has 1 fully saturated rings. The number of nitrogens with one attached hydrogen (secondary N) is 1. The fourth-order valence-corrected chi connectivity index (χ4v) is 4.09. The van der Waals surface area contributed by atoms with E-state index in [0.717, 1.165) is 17.2 Å². The minimum Gasteiger partial charge on any atom is -0.366 e. The normalized spacial score (nSPS) is 14.2. The summed E-state index contributed by atoms with van der Waals surface area (Å²) >= 11 is 0. The summed E-state index contributed by atoms with van der Waals surface area (Å²) in [6.45, 7) is 10.1. The number of carbonyl (C=O) groups is 1. The molecule has 1 aromatic carbocycles. The van der Waals surface area contributed by atoms with Gasteiger partial charge in [0, 0.05) is 51.0 Å². The molecule has 1 aliphatic heterocycles. The average Bonchev–Trinajstić information content (AvgIpc) is 3.16. The Morgan fingerprint density at radius 2 is 1.88 bits per heavy atom. The minimum absolute atomic E-state index is 0.0542. The molecular weight excluding hydrogens is 409 g/mol. The molecule has 32 heavy (non-hydrogen) atoms. The lowest BCUT2D eigenvalue weighted by Crippen LogP contribution is -2.48. The highest BCUT2D eigenvalue weighted by atomic mass is 19.1. The van der Waals surface area contributed by atoms with Crippen LogP contribution in [0.4, 0.5) is 21.7 Å². The third-order valence-corrected chi connectivity index (χ3v) is 5.69. The lowest BCUT2D eigenvalue weighted by molar-refractivity contribution is -0.129. The molecule has 1 aliphatic rings. The maximum Gasteiger partial charge on any atom is 0.227 e. The van der Waals surface area contributed by atoms with Gasteiger partial charge in [0.1, 0.15) is 11.6 Å². The van der Waals surface area contributed by atoms with Gasteiger partial charge in [0.25, 0.3) is 0 Å². The molecule has 9 heteroatoms. The van der Waals surface area contributed by atoms with E-state index in [2.05, 4.69) is 38.7 Å². The molecule has 0 radical (unpaired) electrons. The van der Waals surface area contributed by atoms with Crippen molar-refractivity contribution in [3.8, 4) is 11.4 Å². The number of nitrogens with zero attached hydrogens (tertiary/aromatic N) is 6. The zero-order valence-corrected chi connectivity index (χ0v) is 18.8. The summed E-state index contributed by atoms with van der Waals surface area (Å²) in [6, 6.07) is 7.10. The molecule has 3 heterocycles. The lowest BCUT2D eigenvalue weighted by Gasteiger charge is -2.35. The van der Waals surface area contributed by atoms with Crippen LogP contribution in [-0.4, -0.2) is 56.5 Å². The van der Waals surface area contributed by atoms with Crippen LogP contribution in [0.2, 0.25) is 0 Å². The van der Waals surface area contributed by atoms with Gasteiger partial charge in [-0.25, -0.2) is 19.3 Å². The van der Waals surface area contributed by atoms with E-state index < -0.39 is 0 Å². The summed E-state index contributed by atoms with van der Waals surface area (Å²) in [5, 5.41) is 3.10. The lowest BCUT2D eigenvalue weighted by atomic mass is 10.2. The number of hydrogen-bond acceptors (Lipinski definition) is 6. The number of rotatable bonds is 5. The molecule has 2 aromatic heterocycles. The average molecular weight is 438 g/mol. The Morgan fingerprint density at radius 3 is 2.53 bits per heavy atom. The van der Waals surface area contributed by atoms with E-state index in [0.29, 0.717) is 43.5 Å². The summed E-state index contributed by atoms with van der Waals surface area (Å²) in [6.07, 6.45) is 3.48. The predicted octanol–water partition coefficient (Wildman–Crippen LogP) is 3.78. The molecule has 1 amide bonds. The number of piperazine rings is 1. The quantitative estimate of drug-likeness (QED) is 0.654. The molecule has 0 atom stereocenters. The summed E-state index contributed by atoms with van der Waals surface area (Å²) in [5.74, 6) is 1.04. The Balaban J connectivity index is 1.50. The second-order valence-electron chi connectivity index (χ2n) is 8.20. The molecule has 1 N–H and O–H groups in total. The van der Waals surface area contributed by atoms with Crippen molar-refractivity contribution in [2.24, 2.45) is 0 Å². The molecule has 168 valence electrons. The maximum atomic E-state index is 14.9. The fourth-order valence-electron chi connectivity index (χ4n) is 4.09. The molecule has 1 saturated heterocycles. The van der Waals surface area contributed by atoms with Crippen LogP contribution in [0.25, 0.3) is 11.4 Å². The SMILES string of the molecule is CC(=O)N1CCN(c2ccc(Nc3nccc(-c4cnc(C)n4C(C)C)n3)cc2F)CC1. The molecule has 0 bridgehead atoms. The molecule has 4 rings (SSSR count). The fraction of sp³-hybridized carbons (Fsp3) is 0.391. The van der Waals surface area contributed by atoms with Crippen LogP contribution in [-0.2, 0) is 4.79 Å². The number of hydrogen-bond donors (Lipinski definition) is 1. The van der Waals surface area contributed by atoms with Crippen molar-refractivity contribution in [2.45, 2.75) is 33.7 Å². The number of carbonyl (C=O) groups excluding carboxylic acids is 1. The Morgan fingerprint density at radius 1 is 1.12 bits per heavy atom. The number of halogens is 1. The smallest absolute Gasteiger partial charge is 0.227 e. The molecular formula is C23H28FN7O. The van der Waals surface area contributed by atoms with Crippen molar-refractivity contribution < 1.29 is 9.18 Å². The predicted molar refractivity (Wildman–Crippen MR) is 123 cm³/mol. The third kappa shape index (κ3) is 4.42. The van der Waals surface area contributed by atoms with Crippen LogP contribution in [0.15, 0.2) is 36.7 Å². The van der Waals surface area contributed by atoms with E-state index in [1.54, 1.807) is 24.1 Å². The standard InChI is InChI=1S/C23H28FN7O/c1-15(2)31-16(3)26-14-22(31)20-7-8-25-23(28-20)27-18-5-6-21(19(24)13-18)30-11-9-29(10-12-30)17(4)32/h5-8,13-15H,9-12H2,1-4H3,(H,25,27,28). The van der Waals surface area contributed by atoms with Crippen molar-refractivity contribution in [1.29, 1.82) is 0 Å². The van der Waals surface area contributed by atoms with Crippen LogP contribution in [0.5, 0.6) is 0 Å². The molecule has 0 spiro atoms. The summed E-state index contributed by atoms with van der Waals surface area (Å²) in [5.41, 5.74) is 2.76. The van der Waals surface area contributed by atoms with Crippen molar-refractivity contribution in [2.75, 3.05) is 36.4 Å². The van der Waals surface area contributed by atoms with E-state index in [-0.39, 0.29) is 17.8 Å². The first-order valence-corrected chi connectivity index (χ1v) is 10.8. The van der Waals surface area contributed by atoms with E-state index in [1.807, 2.05) is 30.2 Å². The number of amides is 1. The Bertz CT molecular complexity index is 1120. The number of benzene rings is 1. The molecule has 0 aliphatic carbocycles. The highest BCUT2D eigenvalue weighted by Crippen LogP contribution is 2.27. The van der Waals surface area contributed by atoms with Crippen molar-refractivity contribution >= 4 is 23.2 Å². The summed E-state index contributed by atoms with van der Waals surface area (Å²) in [7, 11) is 0. The second-order valence-corrected chi connectivity index (χ2v) is 8.20. The largest absolute Gasteiger partial charge is 0.366 e. The zero-order chi connectivity index (χ0) is 22.8. The molecule has 3 aromatic rings. The minimum atomic E-state index is -0.323. The van der Waals surface area contributed by atoms with Gasteiger partial charge < -0.3 is 19.7 Å². The monoisotopic (exact) mass is 437 g/mol. The number of anilines is 3. The second kappa shape index (κ2) is 8.94. The number of aryl methyl sites for hydroxylation is 1. The van der Waals surface area contributed by atoms with E-state index >= 15 is 0 Å². The number of aromatic nitrogens is 4. The van der Waals surface area contributed by atoms with Crippen molar-refractivity contribution in [3.05, 3.63) is 48.3 Å². The highest BCUT2D eigenvalue weighted by Gasteiger charge is 2.21. The third-order valence-electron chi connectivity index (χ3n) is 5.69. The first kappa shape index (κ1) is 21.7. The topological polar surface area (TPSA) is 79.2 Å². The highest BCUT2D eigenvalue weighted by molar-refractivity contribution is 5.73. The zero-order valence-electron chi connectivity index (χ0n) is 18.8. The van der Waals surface area contributed by atoms with Gasteiger partial charge in [-0.15, -0.1) is 0 Å². The van der Waals surface area contributed by atoms with Gasteiger partial charge in [0.2, 0.25) is 11.9 Å². The first-order chi connectivity index (χ1) is 15.3. The van der Waals surface area contributed by atoms with Gasteiger partial charge in [-0.2, -0.15) is 0 Å². The van der Waals surface area contributed by atoms with Crippen LogP contribution in [0.3, 0.4) is 0 Å². The van der Waals surface area contributed by atoms with Crippen molar-refractivity contribution in [3.63, 3.8) is 0 Å². The van der Waals surface area contributed by atoms with E-state index in [1.165, 1.54) is 6.07 Å². The van der Waals surface area contributed by atoms with Crippen LogP contribution >= 0.6 is 0 Å². The summed E-state index contributed by atoms with van der Waals surface area (Å²) < 4.78 is 17.0. The van der Waals surface area contributed by atoms with Gasteiger partial charge in [-0.3, -0.25) is 4.79 Å². The number of imidazole rings is 1. The van der Waals surface area contributed by atoms with Gasteiger partial charge >= 0.3 is 0 Å². The van der Waals surface area contributed by atoms with Gasteiger partial charge in [0.05, 0.1) is 23.3 Å². The first-order valence-electron chi connectivity index (χ1n) is 10.8. The van der Waals surface area contributed by atoms with Gasteiger partial charge in [0.15, 0.2) is 0 Å². The Labute approximate surface area is 187 Å². The van der Waals surface area contributed by atoms with Crippen LogP contribution in [0.1, 0.15) is 32.6 Å². The van der Waals surface area contributed by atoms with Gasteiger partial charge in [-0.1, -0.05) is 0 Å². The Kier molecular flexibility index (Phi) is 6.07. The van der Waals surface area contributed by atoms with Crippen LogP contribution < -0.4 is 10.2 Å². The molecule has 0 unspecified atom stereocenters. The van der Waals surface area contributed by atoms with E-state index in [4.69, 9.17) is 0 Å². The summed E-state index contributed by atoms with van der Waals surface area (Å²) in [4.78, 5) is 28.6. The molecule has 8 nitrogen and oxygen atoms in total. The van der Waals surface area contributed by atoms with Gasteiger partial charge in [-0.05, 0) is 45.0 Å². The van der Waals surface area contributed by atoms with Crippen molar-refractivity contribution in [1.82, 2.24) is 24.4 Å². The van der Waals surface area contributed by atoms with E-state index in [9.17, 15) is 9.18 Å². The maximum absolute atomic E-state index is 14.9.